The van der Waals surface area contributed by atoms with E-state index in [4.69, 9.17) is 4.74 Å². The van der Waals surface area contributed by atoms with E-state index in [2.05, 4.69) is 29.4 Å². The summed E-state index contributed by atoms with van der Waals surface area (Å²) in [7, 11) is -2.97. The molecule has 0 aliphatic carbocycles. The van der Waals surface area contributed by atoms with Crippen LogP contribution in [0.25, 0.3) is 0 Å². The molecular formula is C15H29N3O4S. The zero-order valence-corrected chi connectivity index (χ0v) is 14.9. The molecule has 2 aliphatic rings. The number of amides is 2. The minimum atomic E-state index is -2.97. The third-order valence-corrected chi connectivity index (χ3v) is 6.14. The van der Waals surface area contributed by atoms with Crippen molar-refractivity contribution in [3.05, 3.63) is 0 Å². The van der Waals surface area contributed by atoms with Crippen LogP contribution in [-0.2, 0) is 14.6 Å². The minimum absolute atomic E-state index is 0.0549. The van der Waals surface area contributed by atoms with Gasteiger partial charge in [-0.2, -0.15) is 0 Å². The third kappa shape index (κ3) is 6.27. The first-order valence-corrected chi connectivity index (χ1v) is 10.2. The SMILES string of the molecule is CC(C)C[C@H](CNC(=O)N[C@H]1CCS(=O)(=O)C1)N1CCOCC1. The standard InChI is InChI=1S/C15H29N3O4S/c1-12(2)9-14(18-4-6-22-7-5-18)10-16-15(19)17-13-3-8-23(20,21)11-13/h12-14H,3-11H2,1-2H3,(H2,16,17,19)/t13-,14+/m0/s1. The summed E-state index contributed by atoms with van der Waals surface area (Å²) in [5, 5.41) is 5.69. The summed E-state index contributed by atoms with van der Waals surface area (Å²) in [5.74, 6) is 0.772. The number of urea groups is 1. The van der Waals surface area contributed by atoms with E-state index >= 15 is 0 Å². The van der Waals surface area contributed by atoms with Crippen molar-refractivity contribution >= 4 is 15.9 Å². The molecule has 2 N–H and O–H groups in total. The van der Waals surface area contributed by atoms with Gasteiger partial charge in [-0.1, -0.05) is 13.8 Å². The van der Waals surface area contributed by atoms with Crippen LogP contribution in [0, 0.1) is 5.92 Å². The Morgan fingerprint density at radius 2 is 2.00 bits per heavy atom. The molecular weight excluding hydrogens is 318 g/mol. The summed E-state index contributed by atoms with van der Waals surface area (Å²) in [6.45, 7) is 8.18. The van der Waals surface area contributed by atoms with E-state index in [0.717, 1.165) is 32.7 Å². The van der Waals surface area contributed by atoms with Crippen molar-refractivity contribution < 1.29 is 17.9 Å². The zero-order valence-electron chi connectivity index (χ0n) is 14.1. The fourth-order valence-electron chi connectivity index (χ4n) is 3.20. The second-order valence-electron chi connectivity index (χ2n) is 6.89. The summed E-state index contributed by atoms with van der Waals surface area (Å²) in [6.07, 6.45) is 1.52. The van der Waals surface area contributed by atoms with Crippen LogP contribution in [0.3, 0.4) is 0 Å². The third-order valence-electron chi connectivity index (χ3n) is 4.37. The Morgan fingerprint density at radius 3 is 2.57 bits per heavy atom. The van der Waals surface area contributed by atoms with E-state index in [1.54, 1.807) is 0 Å². The number of nitrogens with zero attached hydrogens (tertiary/aromatic N) is 1. The van der Waals surface area contributed by atoms with Gasteiger partial charge in [-0.15, -0.1) is 0 Å². The molecule has 0 spiro atoms. The average Bonchev–Trinajstić information content (AvgIpc) is 2.83. The van der Waals surface area contributed by atoms with Gasteiger partial charge in [-0.25, -0.2) is 13.2 Å². The first kappa shape index (κ1) is 18.5. The Kier molecular flexibility index (Phi) is 6.67. The van der Waals surface area contributed by atoms with E-state index in [9.17, 15) is 13.2 Å². The van der Waals surface area contributed by atoms with Crippen molar-refractivity contribution in [2.75, 3.05) is 44.4 Å². The number of carbonyl (C=O) groups excluding carboxylic acids is 1. The van der Waals surface area contributed by atoms with Gasteiger partial charge in [0.25, 0.3) is 0 Å². The van der Waals surface area contributed by atoms with Gasteiger partial charge in [0.05, 0.1) is 24.7 Å². The molecule has 8 heteroatoms. The highest BCUT2D eigenvalue weighted by atomic mass is 32.2. The Hall–Kier alpha value is -0.860. The summed E-state index contributed by atoms with van der Waals surface area (Å²) in [4.78, 5) is 14.4. The maximum absolute atomic E-state index is 12.0. The number of morpholine rings is 1. The topological polar surface area (TPSA) is 87.7 Å². The zero-order chi connectivity index (χ0) is 16.9. The number of sulfone groups is 1. The Labute approximate surface area is 139 Å². The Balaban J connectivity index is 1.79. The molecule has 0 radical (unpaired) electrons. The van der Waals surface area contributed by atoms with E-state index in [1.165, 1.54) is 0 Å². The summed E-state index contributed by atoms with van der Waals surface area (Å²) in [6, 6.07) is -0.238. The van der Waals surface area contributed by atoms with Crippen LogP contribution in [0.15, 0.2) is 0 Å². The van der Waals surface area contributed by atoms with Gasteiger partial charge in [0.2, 0.25) is 0 Å². The number of hydrogen-bond acceptors (Lipinski definition) is 5. The normalized spacial score (nSPS) is 26.1. The highest BCUT2D eigenvalue weighted by Crippen LogP contribution is 2.13. The van der Waals surface area contributed by atoms with Gasteiger partial charge in [0.1, 0.15) is 0 Å². The molecule has 0 aromatic carbocycles. The maximum atomic E-state index is 12.0. The highest BCUT2D eigenvalue weighted by Gasteiger charge is 2.29. The van der Waals surface area contributed by atoms with Crippen molar-refractivity contribution in [3.63, 3.8) is 0 Å². The van der Waals surface area contributed by atoms with Gasteiger partial charge in [0.15, 0.2) is 9.84 Å². The van der Waals surface area contributed by atoms with Gasteiger partial charge in [-0.05, 0) is 18.8 Å². The largest absolute Gasteiger partial charge is 0.379 e. The maximum Gasteiger partial charge on any atom is 0.315 e. The molecule has 0 aromatic rings. The molecule has 134 valence electrons. The van der Waals surface area contributed by atoms with E-state index in [-0.39, 0.29) is 29.6 Å². The molecule has 0 unspecified atom stereocenters. The lowest BCUT2D eigenvalue weighted by Gasteiger charge is -2.35. The molecule has 2 amide bonds. The summed E-state index contributed by atoms with van der Waals surface area (Å²) in [5.41, 5.74) is 0. The van der Waals surface area contributed by atoms with Crippen molar-refractivity contribution in [1.82, 2.24) is 15.5 Å². The van der Waals surface area contributed by atoms with Crippen LogP contribution in [0.2, 0.25) is 0 Å². The van der Waals surface area contributed by atoms with Gasteiger partial charge >= 0.3 is 6.03 Å². The Bertz CT molecular complexity index is 489. The van der Waals surface area contributed by atoms with Gasteiger partial charge < -0.3 is 15.4 Å². The van der Waals surface area contributed by atoms with Crippen molar-refractivity contribution in [2.24, 2.45) is 5.92 Å². The predicted molar refractivity (Wildman–Crippen MR) is 89.2 cm³/mol. The molecule has 2 fully saturated rings. The predicted octanol–water partition coefficient (Wildman–Crippen LogP) is 0.220. The smallest absolute Gasteiger partial charge is 0.315 e. The van der Waals surface area contributed by atoms with E-state index in [1.807, 2.05) is 0 Å². The van der Waals surface area contributed by atoms with Crippen LogP contribution in [0.4, 0.5) is 4.79 Å². The first-order chi connectivity index (χ1) is 10.9. The van der Waals surface area contributed by atoms with Gasteiger partial charge in [-0.3, -0.25) is 4.90 Å². The molecule has 0 aromatic heterocycles. The van der Waals surface area contributed by atoms with Crippen LogP contribution in [0.5, 0.6) is 0 Å². The van der Waals surface area contributed by atoms with Gasteiger partial charge in [0, 0.05) is 31.7 Å². The number of ether oxygens (including phenoxy) is 1. The second-order valence-corrected chi connectivity index (χ2v) is 9.11. The number of carbonyl (C=O) groups is 1. The fraction of sp³-hybridized carbons (Fsp3) is 0.933. The van der Waals surface area contributed by atoms with Crippen LogP contribution in [-0.4, -0.2) is 75.8 Å². The lowest BCUT2D eigenvalue weighted by molar-refractivity contribution is 0.0129. The molecule has 0 bridgehead atoms. The van der Waals surface area contributed by atoms with Crippen LogP contribution >= 0.6 is 0 Å². The summed E-state index contributed by atoms with van der Waals surface area (Å²) >= 11 is 0. The lowest BCUT2D eigenvalue weighted by atomic mass is 10.0. The molecule has 0 saturated carbocycles. The average molecular weight is 347 g/mol. The van der Waals surface area contributed by atoms with Crippen molar-refractivity contribution in [3.8, 4) is 0 Å². The van der Waals surface area contributed by atoms with Crippen molar-refractivity contribution in [1.29, 1.82) is 0 Å². The monoisotopic (exact) mass is 347 g/mol. The first-order valence-electron chi connectivity index (χ1n) is 8.42. The van der Waals surface area contributed by atoms with Crippen molar-refractivity contribution in [2.45, 2.75) is 38.8 Å². The molecule has 7 nitrogen and oxygen atoms in total. The molecule has 2 saturated heterocycles. The van der Waals surface area contributed by atoms with Crippen LogP contribution in [0.1, 0.15) is 26.7 Å². The van der Waals surface area contributed by atoms with Crippen LogP contribution < -0.4 is 10.6 Å². The molecule has 2 rings (SSSR count). The molecule has 2 aliphatic heterocycles. The second kappa shape index (κ2) is 8.30. The quantitative estimate of drug-likeness (QED) is 0.718. The van der Waals surface area contributed by atoms with E-state index in [0.29, 0.717) is 18.9 Å². The number of hydrogen-bond donors (Lipinski definition) is 2. The number of nitrogens with one attached hydrogen (secondary N) is 2. The summed E-state index contributed by atoms with van der Waals surface area (Å²) < 4.78 is 28.2. The molecule has 2 atom stereocenters. The minimum Gasteiger partial charge on any atom is -0.379 e. The number of rotatable bonds is 6. The molecule has 2 heterocycles. The highest BCUT2D eigenvalue weighted by molar-refractivity contribution is 7.91. The lowest BCUT2D eigenvalue weighted by Crippen LogP contribution is -2.51. The molecule has 23 heavy (non-hydrogen) atoms. The van der Waals surface area contributed by atoms with E-state index < -0.39 is 9.84 Å². The Morgan fingerprint density at radius 1 is 1.30 bits per heavy atom. The fourth-order valence-corrected chi connectivity index (χ4v) is 4.88.